The summed E-state index contributed by atoms with van der Waals surface area (Å²) in [6, 6.07) is 11.9. The highest BCUT2D eigenvalue weighted by atomic mass is 15.1. The first-order valence-corrected chi connectivity index (χ1v) is 8.12. The maximum atomic E-state index is 4.61. The summed E-state index contributed by atoms with van der Waals surface area (Å²) in [4.78, 5) is 7.11. The van der Waals surface area contributed by atoms with Crippen LogP contribution < -0.4 is 10.2 Å². The summed E-state index contributed by atoms with van der Waals surface area (Å²) in [6.45, 7) is 6.78. The molecule has 1 aromatic heterocycles. The molecule has 1 aliphatic rings. The first kappa shape index (κ1) is 14.3. The normalized spacial score (nSPS) is 23.8. The van der Waals surface area contributed by atoms with E-state index in [4.69, 9.17) is 0 Å². The fourth-order valence-corrected chi connectivity index (χ4v) is 3.15. The van der Waals surface area contributed by atoms with Crippen LogP contribution in [0, 0.1) is 0 Å². The molecule has 3 rings (SSSR count). The van der Waals surface area contributed by atoms with Crippen LogP contribution in [0.2, 0.25) is 0 Å². The minimum Gasteiger partial charge on any atom is -0.370 e. The first-order chi connectivity index (χ1) is 10.3. The van der Waals surface area contributed by atoms with Crippen LogP contribution in [0.4, 0.5) is 5.69 Å². The summed E-state index contributed by atoms with van der Waals surface area (Å²) < 4.78 is 0. The maximum absolute atomic E-state index is 4.61. The van der Waals surface area contributed by atoms with E-state index in [1.807, 2.05) is 12.3 Å². The van der Waals surface area contributed by atoms with Crippen molar-refractivity contribution in [3.05, 3.63) is 36.5 Å². The molecule has 0 aliphatic carbocycles. The first-order valence-electron chi connectivity index (χ1n) is 8.12. The van der Waals surface area contributed by atoms with E-state index in [2.05, 4.69) is 53.3 Å². The van der Waals surface area contributed by atoms with Gasteiger partial charge in [-0.25, -0.2) is 0 Å². The summed E-state index contributed by atoms with van der Waals surface area (Å²) in [5, 5.41) is 4.96. The summed E-state index contributed by atoms with van der Waals surface area (Å²) in [7, 11) is 0. The molecule has 112 valence electrons. The molecule has 1 saturated heterocycles. The van der Waals surface area contributed by atoms with E-state index in [1.165, 1.54) is 30.3 Å². The summed E-state index contributed by atoms with van der Waals surface area (Å²) in [5.74, 6) is 0. The molecule has 1 aromatic carbocycles. The van der Waals surface area contributed by atoms with Crippen molar-refractivity contribution in [1.82, 2.24) is 10.3 Å². The van der Waals surface area contributed by atoms with Gasteiger partial charge in [0.2, 0.25) is 0 Å². The van der Waals surface area contributed by atoms with Crippen molar-refractivity contribution in [1.29, 1.82) is 0 Å². The second kappa shape index (κ2) is 6.44. The minimum absolute atomic E-state index is 0.589. The highest BCUT2D eigenvalue weighted by Crippen LogP contribution is 2.22. The number of hydrogen-bond donors (Lipinski definition) is 1. The van der Waals surface area contributed by atoms with Gasteiger partial charge in [0.1, 0.15) is 0 Å². The van der Waals surface area contributed by atoms with Gasteiger partial charge in [-0.2, -0.15) is 0 Å². The number of para-hydroxylation sites is 1. The topological polar surface area (TPSA) is 28.2 Å². The zero-order chi connectivity index (χ0) is 14.7. The van der Waals surface area contributed by atoms with E-state index in [9.17, 15) is 0 Å². The number of anilines is 1. The van der Waals surface area contributed by atoms with Crippen LogP contribution in [0.1, 0.15) is 33.1 Å². The molecule has 1 N–H and O–H groups in total. The Bertz CT molecular complexity index is 596. The molecule has 1 fully saturated rings. The Morgan fingerprint density at radius 1 is 1.24 bits per heavy atom. The van der Waals surface area contributed by atoms with Gasteiger partial charge < -0.3 is 10.2 Å². The fraction of sp³-hybridized carbons (Fsp3) is 0.500. The standard InChI is InChI=1S/C18H25N3/c1-3-16-9-11-21(10-8-14(2)20-16)17-12-15-6-4-5-7-18(15)19-13-17/h4-7,12-14,16,20H,3,8-11H2,1-2H3. The van der Waals surface area contributed by atoms with Gasteiger partial charge in [-0.15, -0.1) is 0 Å². The van der Waals surface area contributed by atoms with Gasteiger partial charge >= 0.3 is 0 Å². The zero-order valence-electron chi connectivity index (χ0n) is 13.0. The molecule has 0 saturated carbocycles. The number of rotatable bonds is 2. The van der Waals surface area contributed by atoms with Crippen molar-refractivity contribution in [2.24, 2.45) is 0 Å². The lowest BCUT2D eigenvalue weighted by Crippen LogP contribution is -2.44. The van der Waals surface area contributed by atoms with Crippen LogP contribution in [0.5, 0.6) is 0 Å². The number of hydrogen-bond acceptors (Lipinski definition) is 3. The van der Waals surface area contributed by atoms with Gasteiger partial charge in [-0.05, 0) is 38.3 Å². The molecule has 3 nitrogen and oxygen atoms in total. The van der Waals surface area contributed by atoms with Crippen molar-refractivity contribution in [3.8, 4) is 0 Å². The number of nitrogens with zero attached hydrogens (tertiary/aromatic N) is 2. The van der Waals surface area contributed by atoms with E-state index in [-0.39, 0.29) is 0 Å². The lowest BCUT2D eigenvalue weighted by Gasteiger charge is -2.33. The molecule has 2 unspecified atom stereocenters. The number of pyridine rings is 1. The molecule has 2 atom stereocenters. The largest absolute Gasteiger partial charge is 0.370 e. The summed E-state index contributed by atoms with van der Waals surface area (Å²) in [5.41, 5.74) is 2.34. The van der Waals surface area contributed by atoms with Gasteiger partial charge in [-0.3, -0.25) is 4.98 Å². The van der Waals surface area contributed by atoms with Gasteiger partial charge in [0.25, 0.3) is 0 Å². The molecular weight excluding hydrogens is 258 g/mol. The molecule has 2 heterocycles. The Hall–Kier alpha value is -1.61. The second-order valence-corrected chi connectivity index (χ2v) is 6.12. The van der Waals surface area contributed by atoms with Crippen LogP contribution >= 0.6 is 0 Å². The molecular formula is C18H25N3. The van der Waals surface area contributed by atoms with E-state index in [0.717, 1.165) is 18.6 Å². The lowest BCUT2D eigenvalue weighted by atomic mass is 10.1. The number of benzene rings is 1. The second-order valence-electron chi connectivity index (χ2n) is 6.12. The van der Waals surface area contributed by atoms with Crippen molar-refractivity contribution in [2.45, 2.75) is 45.2 Å². The maximum Gasteiger partial charge on any atom is 0.0703 e. The Balaban J connectivity index is 1.82. The smallest absolute Gasteiger partial charge is 0.0703 e. The van der Waals surface area contributed by atoms with Gasteiger partial charge in [-0.1, -0.05) is 25.1 Å². The molecule has 0 radical (unpaired) electrons. The van der Waals surface area contributed by atoms with E-state index < -0.39 is 0 Å². The predicted molar refractivity (Wildman–Crippen MR) is 89.9 cm³/mol. The van der Waals surface area contributed by atoms with E-state index in [1.54, 1.807) is 0 Å². The Morgan fingerprint density at radius 2 is 2.05 bits per heavy atom. The monoisotopic (exact) mass is 283 g/mol. The van der Waals surface area contributed by atoms with Crippen LogP contribution in [-0.4, -0.2) is 30.2 Å². The third-order valence-corrected chi connectivity index (χ3v) is 4.53. The quantitative estimate of drug-likeness (QED) is 0.913. The van der Waals surface area contributed by atoms with Crippen LogP contribution in [-0.2, 0) is 0 Å². The van der Waals surface area contributed by atoms with Crippen LogP contribution in [0.3, 0.4) is 0 Å². The van der Waals surface area contributed by atoms with Crippen molar-refractivity contribution in [3.63, 3.8) is 0 Å². The average molecular weight is 283 g/mol. The van der Waals surface area contributed by atoms with E-state index in [0.29, 0.717) is 12.1 Å². The van der Waals surface area contributed by atoms with Gasteiger partial charge in [0.15, 0.2) is 0 Å². The molecule has 3 heteroatoms. The number of nitrogens with one attached hydrogen (secondary N) is 1. The molecule has 0 amide bonds. The van der Waals surface area contributed by atoms with Crippen molar-refractivity contribution >= 4 is 16.6 Å². The lowest BCUT2D eigenvalue weighted by molar-refractivity contribution is 0.378. The molecule has 2 aromatic rings. The van der Waals surface area contributed by atoms with Crippen molar-refractivity contribution < 1.29 is 0 Å². The Morgan fingerprint density at radius 3 is 2.90 bits per heavy atom. The highest BCUT2D eigenvalue weighted by Gasteiger charge is 2.18. The molecule has 0 bridgehead atoms. The third-order valence-electron chi connectivity index (χ3n) is 4.53. The molecule has 0 spiro atoms. The van der Waals surface area contributed by atoms with Crippen molar-refractivity contribution in [2.75, 3.05) is 18.0 Å². The third kappa shape index (κ3) is 3.35. The zero-order valence-corrected chi connectivity index (χ0v) is 13.0. The number of fused-ring (bicyclic) bond motifs is 1. The Kier molecular flexibility index (Phi) is 4.39. The van der Waals surface area contributed by atoms with E-state index >= 15 is 0 Å². The number of aromatic nitrogens is 1. The minimum atomic E-state index is 0.589. The molecule has 21 heavy (non-hydrogen) atoms. The SMILES string of the molecule is CCC1CCN(c2cnc3ccccc3c2)CCC(C)N1. The highest BCUT2D eigenvalue weighted by molar-refractivity contribution is 5.81. The summed E-state index contributed by atoms with van der Waals surface area (Å²) in [6.07, 6.45) is 5.62. The average Bonchev–Trinajstić information content (AvgIpc) is 2.51. The van der Waals surface area contributed by atoms with Gasteiger partial charge in [0.05, 0.1) is 17.4 Å². The van der Waals surface area contributed by atoms with Crippen LogP contribution in [0.15, 0.2) is 36.5 Å². The Labute approximate surface area is 127 Å². The summed E-state index contributed by atoms with van der Waals surface area (Å²) >= 11 is 0. The predicted octanol–water partition coefficient (Wildman–Crippen LogP) is 3.59. The fourth-order valence-electron chi connectivity index (χ4n) is 3.15. The molecule has 1 aliphatic heterocycles. The van der Waals surface area contributed by atoms with Crippen LogP contribution in [0.25, 0.3) is 10.9 Å². The van der Waals surface area contributed by atoms with Gasteiger partial charge in [0, 0.05) is 30.6 Å².